The lowest BCUT2D eigenvalue weighted by Gasteiger charge is -2.26. The fraction of sp³-hybridized carbons (Fsp3) is 0.857. The molecule has 0 aromatic heterocycles. The number of carbonyl (C=O) groups is 2. The summed E-state index contributed by atoms with van der Waals surface area (Å²) in [5, 5.41) is 14.6. The number of rotatable bonds is 6. The number of alkyl carbamates (subject to hydrolysis) is 1. The van der Waals surface area contributed by atoms with Gasteiger partial charge in [0.05, 0.1) is 12.7 Å². The molecule has 0 fully saturated rings. The van der Waals surface area contributed by atoms with Crippen molar-refractivity contribution in [2.45, 2.75) is 65.2 Å². The second-order valence-corrected chi connectivity index (χ2v) is 6.71. The van der Waals surface area contributed by atoms with E-state index in [1.165, 1.54) is 7.11 Å². The highest BCUT2D eigenvalue weighted by Crippen LogP contribution is 2.08. The number of carbonyl (C=O) groups excluding carboxylic acids is 2. The molecule has 22 heavy (non-hydrogen) atoms. The Bertz CT molecular complexity index is 373. The van der Waals surface area contributed by atoms with Gasteiger partial charge >= 0.3 is 12.1 Å². The minimum Gasteiger partial charge on any atom is -0.467 e. The molecule has 0 aliphatic heterocycles. The molecule has 0 rings (SSSR count). The molecule has 0 aromatic rings. The van der Waals surface area contributed by atoms with Crippen molar-refractivity contribution in [1.82, 2.24) is 10.6 Å². The summed E-state index contributed by atoms with van der Waals surface area (Å²) in [6.45, 7) is 10.4. The summed E-state index contributed by atoms with van der Waals surface area (Å²) in [6, 6.07) is -1.02. The second-order valence-electron chi connectivity index (χ2n) is 6.71. The van der Waals surface area contributed by atoms with Crippen LogP contribution in [0.3, 0.4) is 0 Å². The molecule has 0 saturated heterocycles. The van der Waals surface area contributed by atoms with E-state index in [-0.39, 0.29) is 6.54 Å². The summed E-state index contributed by atoms with van der Waals surface area (Å²) in [5.74, 6) is -0.665. The van der Waals surface area contributed by atoms with Crippen LogP contribution in [0.4, 0.5) is 4.79 Å². The van der Waals surface area contributed by atoms with E-state index in [2.05, 4.69) is 15.4 Å². The zero-order chi connectivity index (χ0) is 17.6. The highest BCUT2D eigenvalue weighted by molar-refractivity contribution is 5.81. The number of hydrogen-bond acceptors (Lipinski definition) is 7. The van der Waals surface area contributed by atoms with E-state index >= 15 is 0 Å². The summed E-state index contributed by atoms with van der Waals surface area (Å²) >= 11 is 0. The molecule has 0 saturated carbocycles. The molecule has 3 N–H and O–H groups in total. The number of esters is 1. The number of amides is 1. The van der Waals surface area contributed by atoms with Gasteiger partial charge in [0.1, 0.15) is 11.6 Å². The molecular weight excluding hydrogens is 292 g/mol. The molecule has 1 unspecified atom stereocenters. The van der Waals surface area contributed by atoms with Crippen molar-refractivity contribution in [3.63, 3.8) is 0 Å². The van der Waals surface area contributed by atoms with Gasteiger partial charge in [0.15, 0.2) is 0 Å². The molecule has 0 aliphatic rings. The van der Waals surface area contributed by atoms with Crippen molar-refractivity contribution in [2.75, 3.05) is 13.7 Å². The van der Waals surface area contributed by atoms with Gasteiger partial charge in [0.2, 0.25) is 6.41 Å². The van der Waals surface area contributed by atoms with E-state index < -0.39 is 35.7 Å². The molecule has 0 aromatic carbocycles. The number of ether oxygens (including phenoxy) is 3. The maximum Gasteiger partial charge on any atom is 0.408 e. The molecule has 8 heteroatoms. The van der Waals surface area contributed by atoms with Crippen LogP contribution in [0.2, 0.25) is 0 Å². The Balaban J connectivity index is 4.54. The van der Waals surface area contributed by atoms with Crippen molar-refractivity contribution in [2.24, 2.45) is 0 Å². The molecule has 8 nitrogen and oxygen atoms in total. The number of aliphatic hydroxyl groups excluding tert-OH is 1. The molecule has 0 radical (unpaired) electrons. The SMILES string of the molecule is COC(=O)[C@H](CNC(O)OC(C)(C)C)NC(=O)OC(C)(C)C. The number of methoxy groups -OCH3 is 1. The minimum atomic E-state index is -1.28. The Kier molecular flexibility index (Phi) is 7.78. The third-order valence-corrected chi connectivity index (χ3v) is 2.14. The van der Waals surface area contributed by atoms with Crippen molar-refractivity contribution in [1.29, 1.82) is 0 Å². The Morgan fingerprint density at radius 3 is 2.05 bits per heavy atom. The standard InChI is InChI=1S/C14H28N2O6/c1-13(2,3)21-11(18)15-8-9(10(17)20-7)16-12(19)22-14(4,5)6/h9,11,15,18H,8H2,1-7H3,(H,16,19)/t9-,11?/m0/s1. The van der Waals surface area contributed by atoms with Crippen molar-refractivity contribution in [3.8, 4) is 0 Å². The van der Waals surface area contributed by atoms with Gasteiger partial charge in [0, 0.05) is 6.54 Å². The zero-order valence-corrected chi connectivity index (χ0v) is 14.4. The van der Waals surface area contributed by atoms with E-state index in [9.17, 15) is 14.7 Å². The first kappa shape index (κ1) is 20.6. The second kappa shape index (κ2) is 8.30. The molecule has 130 valence electrons. The van der Waals surface area contributed by atoms with E-state index in [4.69, 9.17) is 9.47 Å². The highest BCUT2D eigenvalue weighted by atomic mass is 16.6. The van der Waals surface area contributed by atoms with Crippen LogP contribution in [0.15, 0.2) is 0 Å². The quantitative estimate of drug-likeness (QED) is 0.489. The Morgan fingerprint density at radius 2 is 1.64 bits per heavy atom. The Labute approximate surface area is 131 Å². The third-order valence-electron chi connectivity index (χ3n) is 2.14. The van der Waals surface area contributed by atoms with Crippen LogP contribution in [0, 0.1) is 0 Å². The van der Waals surface area contributed by atoms with E-state index in [0.29, 0.717) is 0 Å². The number of hydrogen-bond donors (Lipinski definition) is 3. The largest absolute Gasteiger partial charge is 0.467 e. The predicted molar refractivity (Wildman–Crippen MR) is 80.0 cm³/mol. The van der Waals surface area contributed by atoms with Crippen molar-refractivity contribution >= 4 is 12.1 Å². The third kappa shape index (κ3) is 10.4. The maximum absolute atomic E-state index is 11.7. The van der Waals surface area contributed by atoms with Crippen LogP contribution in [0.1, 0.15) is 41.5 Å². The fourth-order valence-electron chi connectivity index (χ4n) is 1.38. The Hall–Kier alpha value is -1.38. The summed E-state index contributed by atoms with van der Waals surface area (Å²) in [6.07, 6.45) is -2.04. The fourth-order valence-corrected chi connectivity index (χ4v) is 1.38. The van der Waals surface area contributed by atoms with Gasteiger partial charge in [-0.25, -0.2) is 9.59 Å². The average molecular weight is 320 g/mol. The molecular formula is C14H28N2O6. The van der Waals surface area contributed by atoms with Crippen molar-refractivity contribution in [3.05, 3.63) is 0 Å². The van der Waals surface area contributed by atoms with Gasteiger partial charge in [-0.1, -0.05) is 0 Å². The number of nitrogens with one attached hydrogen (secondary N) is 2. The topological polar surface area (TPSA) is 106 Å². The van der Waals surface area contributed by atoms with E-state index in [1.807, 2.05) is 0 Å². The number of aliphatic hydroxyl groups is 1. The lowest BCUT2D eigenvalue weighted by Crippen LogP contribution is -2.52. The molecule has 0 bridgehead atoms. The summed E-state index contributed by atoms with van der Waals surface area (Å²) in [7, 11) is 1.20. The lowest BCUT2D eigenvalue weighted by atomic mass is 10.2. The summed E-state index contributed by atoms with van der Waals surface area (Å²) < 4.78 is 14.9. The molecule has 2 atom stereocenters. The van der Waals surface area contributed by atoms with E-state index in [1.54, 1.807) is 41.5 Å². The van der Waals surface area contributed by atoms with Gasteiger partial charge < -0.3 is 24.6 Å². The molecule has 0 aliphatic carbocycles. The van der Waals surface area contributed by atoms with Gasteiger partial charge in [-0.05, 0) is 41.5 Å². The van der Waals surface area contributed by atoms with Crippen LogP contribution in [0.25, 0.3) is 0 Å². The molecule has 1 amide bonds. The van der Waals surface area contributed by atoms with Crippen molar-refractivity contribution < 1.29 is 28.9 Å². The lowest BCUT2D eigenvalue weighted by molar-refractivity contribution is -0.182. The maximum atomic E-state index is 11.7. The van der Waals surface area contributed by atoms with Crippen LogP contribution < -0.4 is 10.6 Å². The van der Waals surface area contributed by atoms with Gasteiger partial charge in [-0.15, -0.1) is 0 Å². The highest BCUT2D eigenvalue weighted by Gasteiger charge is 2.26. The average Bonchev–Trinajstić information content (AvgIpc) is 2.28. The predicted octanol–water partition coefficient (Wildman–Crippen LogP) is 0.733. The van der Waals surface area contributed by atoms with Gasteiger partial charge in [-0.2, -0.15) is 0 Å². The van der Waals surface area contributed by atoms with Crippen LogP contribution >= 0.6 is 0 Å². The minimum absolute atomic E-state index is 0.0802. The summed E-state index contributed by atoms with van der Waals surface area (Å²) in [5.41, 5.74) is -1.25. The zero-order valence-electron chi connectivity index (χ0n) is 14.4. The monoisotopic (exact) mass is 320 g/mol. The smallest absolute Gasteiger partial charge is 0.408 e. The first-order valence-electron chi connectivity index (χ1n) is 7.00. The first-order chi connectivity index (χ1) is 9.84. The van der Waals surface area contributed by atoms with Crippen LogP contribution in [0.5, 0.6) is 0 Å². The van der Waals surface area contributed by atoms with E-state index in [0.717, 1.165) is 0 Å². The first-order valence-corrected chi connectivity index (χ1v) is 7.00. The normalized spacial score (nSPS) is 14.9. The van der Waals surface area contributed by atoms with Crippen LogP contribution in [-0.4, -0.2) is 54.5 Å². The summed E-state index contributed by atoms with van der Waals surface area (Å²) in [4.78, 5) is 23.4. The van der Waals surface area contributed by atoms with Crippen LogP contribution in [-0.2, 0) is 19.0 Å². The Morgan fingerprint density at radius 1 is 1.09 bits per heavy atom. The van der Waals surface area contributed by atoms with Gasteiger partial charge in [-0.3, -0.25) is 5.32 Å². The molecule has 0 spiro atoms. The molecule has 0 heterocycles. The van der Waals surface area contributed by atoms with Gasteiger partial charge in [0.25, 0.3) is 0 Å².